The highest BCUT2D eigenvalue weighted by Gasteiger charge is 2.09. The molecule has 1 N–H and O–H groups in total. The Morgan fingerprint density at radius 1 is 1.50 bits per heavy atom. The van der Waals surface area contributed by atoms with Crippen molar-refractivity contribution >= 4 is 16.8 Å². The van der Waals surface area contributed by atoms with Gasteiger partial charge < -0.3 is 4.74 Å². The minimum atomic E-state index is -0.0655. The quantitative estimate of drug-likeness (QED) is 0.792. The first-order valence-electron chi connectivity index (χ1n) is 5.11. The summed E-state index contributed by atoms with van der Waals surface area (Å²) in [6.07, 6.45) is 3.23. The van der Waals surface area contributed by atoms with Gasteiger partial charge in [-0.25, -0.2) is 4.98 Å². The van der Waals surface area contributed by atoms with Gasteiger partial charge in [-0.1, -0.05) is 0 Å². The third kappa shape index (κ3) is 2.25. The van der Waals surface area contributed by atoms with E-state index in [0.29, 0.717) is 11.2 Å². The zero-order valence-electron chi connectivity index (χ0n) is 9.23. The van der Waals surface area contributed by atoms with Crippen molar-refractivity contribution in [1.29, 1.82) is 0 Å². The Kier molecular flexibility index (Phi) is 2.96. The summed E-state index contributed by atoms with van der Waals surface area (Å²) >= 11 is 0. The number of ketones is 1. The third-order valence-corrected chi connectivity index (χ3v) is 2.16. The molecule has 0 saturated carbocycles. The van der Waals surface area contributed by atoms with E-state index >= 15 is 0 Å². The summed E-state index contributed by atoms with van der Waals surface area (Å²) in [7, 11) is 0. The molecule has 0 fully saturated rings. The van der Waals surface area contributed by atoms with E-state index in [1.54, 1.807) is 12.3 Å². The molecular weight excluding hydrogens is 206 g/mol. The highest BCUT2D eigenvalue weighted by atomic mass is 16.5. The second-order valence-corrected chi connectivity index (χ2v) is 3.81. The molecule has 2 aromatic rings. The van der Waals surface area contributed by atoms with Crippen LogP contribution in [0.15, 0.2) is 18.5 Å². The van der Waals surface area contributed by atoms with E-state index in [1.807, 2.05) is 13.8 Å². The fourth-order valence-electron chi connectivity index (χ4n) is 1.31. The zero-order chi connectivity index (χ0) is 11.5. The molecule has 0 spiro atoms. The average molecular weight is 219 g/mol. The number of ether oxygens (including phenoxy) is 1. The molecule has 2 rings (SSSR count). The predicted octanol–water partition coefficient (Wildman–Crippen LogP) is 1.57. The number of pyridine rings is 1. The van der Waals surface area contributed by atoms with Crippen molar-refractivity contribution in [1.82, 2.24) is 15.2 Å². The van der Waals surface area contributed by atoms with E-state index in [9.17, 15) is 4.79 Å². The van der Waals surface area contributed by atoms with E-state index in [4.69, 9.17) is 4.74 Å². The van der Waals surface area contributed by atoms with Crippen LogP contribution in [0.25, 0.3) is 11.0 Å². The van der Waals surface area contributed by atoms with Gasteiger partial charge in [0.25, 0.3) is 0 Å². The van der Waals surface area contributed by atoms with E-state index in [1.165, 1.54) is 6.20 Å². The van der Waals surface area contributed by atoms with Crippen molar-refractivity contribution in [2.24, 2.45) is 0 Å². The lowest BCUT2D eigenvalue weighted by molar-refractivity contribution is 0.0584. The van der Waals surface area contributed by atoms with Crippen LogP contribution in [0.2, 0.25) is 0 Å². The molecule has 5 nitrogen and oxygen atoms in total. The number of Topliss-reactive ketones (excluding diaryl/α,β-unsaturated/α-hetero) is 1. The Labute approximate surface area is 92.8 Å². The van der Waals surface area contributed by atoms with E-state index < -0.39 is 0 Å². The molecule has 0 aromatic carbocycles. The van der Waals surface area contributed by atoms with Gasteiger partial charge >= 0.3 is 0 Å². The fraction of sp³-hybridized carbons (Fsp3) is 0.364. The molecule has 0 amide bonds. The van der Waals surface area contributed by atoms with Gasteiger partial charge in [-0.3, -0.25) is 9.89 Å². The summed E-state index contributed by atoms with van der Waals surface area (Å²) in [5.74, 6) is -0.0655. The molecular formula is C11H13N3O2. The summed E-state index contributed by atoms with van der Waals surface area (Å²) in [6, 6.07) is 1.76. The number of carbonyl (C=O) groups excluding carboxylic acids is 1. The number of aromatic amines is 1. The van der Waals surface area contributed by atoms with Crippen LogP contribution < -0.4 is 0 Å². The fourth-order valence-corrected chi connectivity index (χ4v) is 1.31. The summed E-state index contributed by atoms with van der Waals surface area (Å²) in [5, 5.41) is 7.41. The van der Waals surface area contributed by atoms with Gasteiger partial charge in [-0.15, -0.1) is 0 Å². The predicted molar refractivity (Wildman–Crippen MR) is 59.3 cm³/mol. The Hall–Kier alpha value is -1.75. The second-order valence-electron chi connectivity index (χ2n) is 3.81. The van der Waals surface area contributed by atoms with E-state index in [-0.39, 0.29) is 18.5 Å². The van der Waals surface area contributed by atoms with E-state index in [0.717, 1.165) is 5.39 Å². The van der Waals surface area contributed by atoms with Gasteiger partial charge in [0.2, 0.25) is 0 Å². The third-order valence-electron chi connectivity index (χ3n) is 2.16. The summed E-state index contributed by atoms with van der Waals surface area (Å²) < 4.78 is 5.25. The van der Waals surface area contributed by atoms with Crippen LogP contribution in [-0.2, 0) is 4.74 Å². The SMILES string of the molecule is CC(C)OCC(=O)c1cnc2[nH]ncc2c1. The lowest BCUT2D eigenvalue weighted by Gasteiger charge is -2.06. The molecule has 5 heteroatoms. The molecule has 0 saturated heterocycles. The monoisotopic (exact) mass is 219 g/mol. The number of hydrogen-bond acceptors (Lipinski definition) is 4. The molecule has 0 bridgehead atoms. The zero-order valence-corrected chi connectivity index (χ0v) is 9.23. The number of nitrogens with one attached hydrogen (secondary N) is 1. The average Bonchev–Trinajstić information content (AvgIpc) is 2.72. The molecule has 2 heterocycles. The molecule has 0 aliphatic carbocycles. The maximum atomic E-state index is 11.7. The minimum Gasteiger partial charge on any atom is -0.371 e. The van der Waals surface area contributed by atoms with Gasteiger partial charge in [0.1, 0.15) is 6.61 Å². The smallest absolute Gasteiger partial charge is 0.190 e. The maximum Gasteiger partial charge on any atom is 0.190 e. The number of aromatic nitrogens is 3. The lowest BCUT2D eigenvalue weighted by atomic mass is 10.2. The molecule has 16 heavy (non-hydrogen) atoms. The normalized spacial score (nSPS) is 11.2. The number of carbonyl (C=O) groups is 1. The van der Waals surface area contributed by atoms with Gasteiger partial charge in [0.05, 0.1) is 12.3 Å². The first-order chi connectivity index (χ1) is 7.66. The Balaban J connectivity index is 2.16. The standard InChI is InChI=1S/C11H13N3O2/c1-7(2)16-6-10(15)8-3-9-5-13-14-11(9)12-4-8/h3-5,7H,6H2,1-2H3,(H,12,13,14). The van der Waals surface area contributed by atoms with Crippen LogP contribution in [0.4, 0.5) is 0 Å². The maximum absolute atomic E-state index is 11.7. The minimum absolute atomic E-state index is 0.0505. The number of nitrogens with zero attached hydrogens (tertiary/aromatic N) is 2. The molecule has 0 atom stereocenters. The van der Waals surface area contributed by atoms with Crippen LogP contribution in [0.3, 0.4) is 0 Å². The first kappa shape index (κ1) is 10.8. The first-order valence-corrected chi connectivity index (χ1v) is 5.11. The van der Waals surface area contributed by atoms with Crippen LogP contribution in [0.5, 0.6) is 0 Å². The van der Waals surface area contributed by atoms with Crippen LogP contribution in [-0.4, -0.2) is 33.7 Å². The van der Waals surface area contributed by atoms with Crippen molar-refractivity contribution in [3.8, 4) is 0 Å². The van der Waals surface area contributed by atoms with Crippen molar-refractivity contribution < 1.29 is 9.53 Å². The van der Waals surface area contributed by atoms with Gasteiger partial charge in [-0.2, -0.15) is 5.10 Å². The highest BCUT2D eigenvalue weighted by Crippen LogP contribution is 2.10. The lowest BCUT2D eigenvalue weighted by Crippen LogP contribution is -2.13. The number of rotatable bonds is 4. The molecule has 0 unspecified atom stereocenters. The Bertz CT molecular complexity index is 505. The highest BCUT2D eigenvalue weighted by molar-refractivity contribution is 5.99. The van der Waals surface area contributed by atoms with Gasteiger partial charge in [-0.05, 0) is 19.9 Å². The molecule has 0 aliphatic rings. The largest absolute Gasteiger partial charge is 0.371 e. The Morgan fingerprint density at radius 2 is 2.31 bits per heavy atom. The molecule has 2 aromatic heterocycles. The van der Waals surface area contributed by atoms with Crippen molar-refractivity contribution in [3.63, 3.8) is 0 Å². The van der Waals surface area contributed by atoms with E-state index in [2.05, 4.69) is 15.2 Å². The number of fused-ring (bicyclic) bond motifs is 1. The second kappa shape index (κ2) is 4.40. The van der Waals surface area contributed by atoms with Crippen molar-refractivity contribution in [3.05, 3.63) is 24.0 Å². The Morgan fingerprint density at radius 3 is 3.06 bits per heavy atom. The summed E-state index contributed by atoms with van der Waals surface area (Å²) in [5.41, 5.74) is 1.23. The number of H-pyrrole nitrogens is 1. The topological polar surface area (TPSA) is 67.9 Å². The molecule has 0 aliphatic heterocycles. The number of hydrogen-bond donors (Lipinski definition) is 1. The van der Waals surface area contributed by atoms with Crippen LogP contribution >= 0.6 is 0 Å². The van der Waals surface area contributed by atoms with Crippen LogP contribution in [0, 0.1) is 0 Å². The van der Waals surface area contributed by atoms with Crippen molar-refractivity contribution in [2.75, 3.05) is 6.61 Å². The molecule has 84 valence electrons. The molecule has 0 radical (unpaired) electrons. The van der Waals surface area contributed by atoms with Crippen molar-refractivity contribution in [2.45, 2.75) is 20.0 Å². The summed E-state index contributed by atoms with van der Waals surface area (Å²) in [4.78, 5) is 15.8. The summed E-state index contributed by atoms with van der Waals surface area (Å²) in [6.45, 7) is 3.87. The van der Waals surface area contributed by atoms with Gasteiger partial charge in [0.15, 0.2) is 11.4 Å². The van der Waals surface area contributed by atoms with Gasteiger partial charge in [0, 0.05) is 17.1 Å². The van der Waals surface area contributed by atoms with Crippen LogP contribution in [0.1, 0.15) is 24.2 Å².